The maximum atomic E-state index is 12.2. The van der Waals surface area contributed by atoms with E-state index in [4.69, 9.17) is 0 Å². The number of rotatable bonds is 3. The molecule has 1 rings (SSSR count). The fraction of sp³-hybridized carbons (Fsp3) is 0.300. The second-order valence-electron chi connectivity index (χ2n) is 3.19. The Morgan fingerprint density at radius 1 is 1.39 bits per heavy atom. The van der Waals surface area contributed by atoms with Gasteiger partial charge in [0.05, 0.1) is 12.7 Å². The van der Waals surface area contributed by atoms with Gasteiger partial charge < -0.3 is 10.1 Å². The monoisotopic (exact) mass is 262 g/mol. The molecule has 1 heterocycles. The van der Waals surface area contributed by atoms with E-state index in [0.717, 1.165) is 19.4 Å². The van der Waals surface area contributed by atoms with Gasteiger partial charge in [0.1, 0.15) is 12.2 Å². The van der Waals surface area contributed by atoms with Crippen LogP contribution in [0, 0.1) is 0 Å². The number of halogens is 3. The molecule has 0 aliphatic carbocycles. The molecule has 0 fully saturated rings. The minimum absolute atomic E-state index is 0.0769. The molecule has 8 heteroatoms. The van der Waals surface area contributed by atoms with E-state index < -0.39 is 23.7 Å². The largest absolute Gasteiger partial charge is 0.468 e. The predicted octanol–water partition coefficient (Wildman–Crippen LogP) is 1.00. The molecule has 5 nitrogen and oxygen atoms in total. The number of ether oxygens (including phenoxy) is 1. The third-order valence-electron chi connectivity index (χ3n) is 1.94. The van der Waals surface area contributed by atoms with Gasteiger partial charge in [0.25, 0.3) is 5.91 Å². The number of hydrogen-bond donors (Lipinski definition) is 1. The van der Waals surface area contributed by atoms with E-state index >= 15 is 0 Å². The first-order valence-corrected chi connectivity index (χ1v) is 4.73. The first kappa shape index (κ1) is 13.9. The number of hydrogen-bond acceptors (Lipinski definition) is 4. The van der Waals surface area contributed by atoms with Crippen molar-refractivity contribution in [1.29, 1.82) is 0 Å². The summed E-state index contributed by atoms with van der Waals surface area (Å²) in [6.07, 6.45) is -3.77. The van der Waals surface area contributed by atoms with Crippen LogP contribution in [0.2, 0.25) is 0 Å². The Morgan fingerprint density at radius 2 is 2.06 bits per heavy atom. The lowest BCUT2D eigenvalue weighted by atomic mass is 10.2. The zero-order valence-electron chi connectivity index (χ0n) is 9.25. The Labute approximate surface area is 100.0 Å². The molecule has 0 aliphatic heterocycles. The van der Waals surface area contributed by atoms with E-state index in [1.165, 1.54) is 0 Å². The first-order valence-electron chi connectivity index (χ1n) is 4.73. The summed E-state index contributed by atoms with van der Waals surface area (Å²) in [5.74, 6) is -1.37. The number of nitrogens with one attached hydrogen (secondary N) is 1. The Kier molecular flexibility index (Phi) is 4.24. The summed E-state index contributed by atoms with van der Waals surface area (Å²) in [4.78, 5) is 25.2. The van der Waals surface area contributed by atoms with Crippen molar-refractivity contribution in [2.24, 2.45) is 0 Å². The summed E-state index contributed by atoms with van der Waals surface area (Å²) in [6.45, 7) is -0.365. The Hall–Kier alpha value is -2.12. The van der Waals surface area contributed by atoms with Gasteiger partial charge in [-0.1, -0.05) is 0 Å². The van der Waals surface area contributed by atoms with Gasteiger partial charge in [-0.3, -0.25) is 14.6 Å². The number of methoxy groups -OCH3 is 1. The molecule has 1 amide bonds. The predicted molar refractivity (Wildman–Crippen MR) is 53.6 cm³/mol. The van der Waals surface area contributed by atoms with Gasteiger partial charge in [-0.15, -0.1) is 0 Å². The molecule has 0 radical (unpaired) electrons. The molecule has 0 bridgehead atoms. The molecule has 0 saturated heterocycles. The Balaban J connectivity index is 2.68. The number of alkyl halides is 3. The highest BCUT2D eigenvalue weighted by molar-refractivity contribution is 5.95. The molecular formula is C10H9F3N2O3. The molecule has 0 spiro atoms. The van der Waals surface area contributed by atoms with Crippen LogP contribution in [0.5, 0.6) is 0 Å². The van der Waals surface area contributed by atoms with Crippen LogP contribution < -0.4 is 5.32 Å². The number of nitrogens with zero attached hydrogens (tertiary/aromatic N) is 1. The normalized spacial score (nSPS) is 10.9. The van der Waals surface area contributed by atoms with Gasteiger partial charge in [0.15, 0.2) is 0 Å². The van der Waals surface area contributed by atoms with Crippen molar-refractivity contribution >= 4 is 11.9 Å². The second kappa shape index (κ2) is 5.48. The number of carbonyl (C=O) groups excluding carboxylic acids is 2. The van der Waals surface area contributed by atoms with E-state index in [0.29, 0.717) is 6.07 Å². The van der Waals surface area contributed by atoms with Crippen LogP contribution in [0.3, 0.4) is 0 Å². The van der Waals surface area contributed by atoms with E-state index in [-0.39, 0.29) is 12.1 Å². The van der Waals surface area contributed by atoms with Crippen LogP contribution in [-0.4, -0.2) is 30.5 Å². The standard InChI is InChI=1S/C10H9F3N2O3/c1-18-8(16)5-15-9(17)6-2-3-7(14-4-6)10(11,12)13/h2-4H,5H2,1H3,(H,15,17). The van der Waals surface area contributed by atoms with Crippen LogP contribution in [-0.2, 0) is 15.7 Å². The summed E-state index contributed by atoms with van der Waals surface area (Å²) in [5.41, 5.74) is -1.17. The fourth-order valence-electron chi connectivity index (χ4n) is 1.02. The minimum Gasteiger partial charge on any atom is -0.468 e. The lowest BCUT2D eigenvalue weighted by Gasteiger charge is -2.06. The van der Waals surface area contributed by atoms with Gasteiger partial charge in [-0.25, -0.2) is 0 Å². The third kappa shape index (κ3) is 3.72. The highest BCUT2D eigenvalue weighted by atomic mass is 19.4. The number of pyridine rings is 1. The van der Waals surface area contributed by atoms with E-state index in [2.05, 4.69) is 15.0 Å². The van der Waals surface area contributed by atoms with Gasteiger partial charge in [-0.05, 0) is 12.1 Å². The summed E-state index contributed by atoms with van der Waals surface area (Å²) in [5, 5.41) is 2.17. The van der Waals surface area contributed by atoms with Crippen LogP contribution >= 0.6 is 0 Å². The van der Waals surface area contributed by atoms with E-state index in [1.54, 1.807) is 0 Å². The van der Waals surface area contributed by atoms with Gasteiger partial charge in [-0.2, -0.15) is 13.2 Å². The average molecular weight is 262 g/mol. The summed E-state index contributed by atoms with van der Waals surface area (Å²) < 4.78 is 40.9. The zero-order chi connectivity index (χ0) is 13.8. The summed E-state index contributed by atoms with van der Waals surface area (Å²) >= 11 is 0. The molecule has 1 N–H and O–H groups in total. The summed E-state index contributed by atoms with van der Waals surface area (Å²) in [6, 6.07) is 1.66. The molecule has 0 unspecified atom stereocenters. The lowest BCUT2D eigenvalue weighted by Crippen LogP contribution is -2.30. The molecule has 0 aromatic carbocycles. The molecular weight excluding hydrogens is 253 g/mol. The second-order valence-corrected chi connectivity index (χ2v) is 3.19. The average Bonchev–Trinajstić information content (AvgIpc) is 2.34. The SMILES string of the molecule is COC(=O)CNC(=O)c1ccc(C(F)(F)F)nc1. The van der Waals surface area contributed by atoms with E-state index in [9.17, 15) is 22.8 Å². The van der Waals surface area contributed by atoms with Gasteiger partial charge in [0.2, 0.25) is 0 Å². The number of carbonyl (C=O) groups is 2. The van der Waals surface area contributed by atoms with Crippen molar-refractivity contribution in [2.45, 2.75) is 6.18 Å². The number of aromatic nitrogens is 1. The highest BCUT2D eigenvalue weighted by Gasteiger charge is 2.32. The van der Waals surface area contributed by atoms with Crippen LogP contribution in [0.4, 0.5) is 13.2 Å². The topological polar surface area (TPSA) is 68.3 Å². The van der Waals surface area contributed by atoms with Crippen molar-refractivity contribution in [3.05, 3.63) is 29.6 Å². The zero-order valence-corrected chi connectivity index (χ0v) is 9.25. The molecule has 0 saturated carbocycles. The van der Waals surface area contributed by atoms with Crippen molar-refractivity contribution in [1.82, 2.24) is 10.3 Å². The molecule has 0 aliphatic rings. The highest BCUT2D eigenvalue weighted by Crippen LogP contribution is 2.27. The number of amides is 1. The quantitative estimate of drug-likeness (QED) is 0.825. The maximum Gasteiger partial charge on any atom is 0.433 e. The Morgan fingerprint density at radius 3 is 2.50 bits per heavy atom. The van der Waals surface area contributed by atoms with Crippen molar-refractivity contribution in [3.8, 4) is 0 Å². The fourth-order valence-corrected chi connectivity index (χ4v) is 1.02. The van der Waals surface area contributed by atoms with Crippen LogP contribution in [0.25, 0.3) is 0 Å². The summed E-state index contributed by atoms with van der Waals surface area (Å²) in [7, 11) is 1.15. The molecule has 0 atom stereocenters. The number of esters is 1. The van der Waals surface area contributed by atoms with Gasteiger partial charge >= 0.3 is 12.1 Å². The van der Waals surface area contributed by atoms with Crippen LogP contribution in [0.1, 0.15) is 16.1 Å². The van der Waals surface area contributed by atoms with Crippen LogP contribution in [0.15, 0.2) is 18.3 Å². The minimum atomic E-state index is -4.55. The maximum absolute atomic E-state index is 12.2. The Bertz CT molecular complexity index is 443. The molecule has 18 heavy (non-hydrogen) atoms. The molecule has 98 valence electrons. The molecule has 1 aromatic heterocycles. The van der Waals surface area contributed by atoms with Crippen molar-refractivity contribution < 1.29 is 27.5 Å². The van der Waals surface area contributed by atoms with Crippen molar-refractivity contribution in [2.75, 3.05) is 13.7 Å². The first-order chi connectivity index (χ1) is 8.34. The third-order valence-corrected chi connectivity index (χ3v) is 1.94. The van der Waals surface area contributed by atoms with Gasteiger partial charge in [0, 0.05) is 6.20 Å². The van der Waals surface area contributed by atoms with E-state index in [1.807, 2.05) is 0 Å². The lowest BCUT2D eigenvalue weighted by molar-refractivity contribution is -0.141. The smallest absolute Gasteiger partial charge is 0.433 e. The molecule has 1 aromatic rings. The van der Waals surface area contributed by atoms with Crippen molar-refractivity contribution in [3.63, 3.8) is 0 Å².